The first-order valence-electron chi connectivity index (χ1n) is 7.98. The van der Waals surface area contributed by atoms with Crippen LogP contribution in [0.5, 0.6) is 0 Å². The average Bonchev–Trinajstić information content (AvgIpc) is 3.04. The van der Waals surface area contributed by atoms with E-state index in [-0.39, 0.29) is 0 Å². The highest BCUT2D eigenvalue weighted by Gasteiger charge is 2.22. The normalized spacial score (nSPS) is 10.8. The van der Waals surface area contributed by atoms with Crippen molar-refractivity contribution in [2.75, 3.05) is 12.8 Å². The molecule has 2 aromatic heterocycles. The number of nitrogens with zero attached hydrogens (tertiary/aromatic N) is 2. The lowest BCUT2D eigenvalue weighted by Gasteiger charge is -2.07. The van der Waals surface area contributed by atoms with Crippen molar-refractivity contribution in [2.45, 2.75) is 0 Å². The van der Waals surface area contributed by atoms with Crippen LogP contribution in [-0.2, 0) is 4.74 Å². The Morgan fingerprint density at radius 1 is 0.962 bits per heavy atom. The lowest BCUT2D eigenvalue weighted by molar-refractivity contribution is 0.0607. The van der Waals surface area contributed by atoms with Crippen LogP contribution in [0, 0.1) is 0 Å². The summed E-state index contributed by atoms with van der Waals surface area (Å²) in [5.41, 5.74) is 9.15. The van der Waals surface area contributed by atoms with E-state index in [9.17, 15) is 4.79 Å². The van der Waals surface area contributed by atoms with Gasteiger partial charge >= 0.3 is 5.97 Å². The summed E-state index contributed by atoms with van der Waals surface area (Å²) in [5.74, 6) is 0.125. The Bertz CT molecular complexity index is 1090. The van der Waals surface area contributed by atoms with E-state index in [1.807, 2.05) is 60.7 Å². The molecule has 2 heterocycles. The number of benzene rings is 2. The van der Waals surface area contributed by atoms with Gasteiger partial charge in [0.25, 0.3) is 0 Å². The number of carbonyl (C=O) groups excluding carboxylic acids is 1. The van der Waals surface area contributed by atoms with Gasteiger partial charge in [-0.05, 0) is 0 Å². The van der Waals surface area contributed by atoms with Gasteiger partial charge in [0.05, 0.1) is 23.9 Å². The first-order chi connectivity index (χ1) is 12.7. The largest absolute Gasteiger partial charge is 0.465 e. The third-order valence-electron chi connectivity index (χ3n) is 4.04. The number of hydrogen-bond donors (Lipinski definition) is 1. The number of thiophene rings is 1. The maximum Gasteiger partial charge on any atom is 0.350 e. The highest BCUT2D eigenvalue weighted by Crippen LogP contribution is 2.39. The summed E-state index contributed by atoms with van der Waals surface area (Å²) in [5, 5.41) is 0.682. The number of esters is 1. The van der Waals surface area contributed by atoms with Gasteiger partial charge in [-0.15, -0.1) is 11.3 Å². The highest BCUT2D eigenvalue weighted by molar-refractivity contribution is 7.21. The van der Waals surface area contributed by atoms with E-state index in [1.54, 1.807) is 0 Å². The quantitative estimate of drug-likeness (QED) is 0.547. The van der Waals surface area contributed by atoms with Crippen LogP contribution in [0.15, 0.2) is 60.7 Å². The van der Waals surface area contributed by atoms with Gasteiger partial charge in [-0.2, -0.15) is 0 Å². The van der Waals surface area contributed by atoms with E-state index in [2.05, 4.69) is 4.98 Å². The topological polar surface area (TPSA) is 78.1 Å². The van der Waals surface area contributed by atoms with E-state index in [1.165, 1.54) is 18.4 Å². The number of rotatable bonds is 3. The zero-order chi connectivity index (χ0) is 18.1. The second-order valence-corrected chi connectivity index (χ2v) is 6.64. The maximum atomic E-state index is 12.1. The molecule has 0 atom stereocenters. The zero-order valence-corrected chi connectivity index (χ0v) is 14.8. The maximum absolute atomic E-state index is 12.1. The van der Waals surface area contributed by atoms with Crippen LogP contribution in [0.3, 0.4) is 0 Å². The molecule has 0 spiro atoms. The van der Waals surface area contributed by atoms with Gasteiger partial charge in [-0.25, -0.2) is 14.8 Å². The van der Waals surface area contributed by atoms with Crippen molar-refractivity contribution >= 4 is 33.2 Å². The summed E-state index contributed by atoms with van der Waals surface area (Å²) in [6, 6.07) is 19.5. The molecule has 0 amide bonds. The number of methoxy groups -OCH3 is 1. The number of nitrogen functional groups attached to an aromatic ring is 1. The zero-order valence-electron chi connectivity index (χ0n) is 14.0. The summed E-state index contributed by atoms with van der Waals surface area (Å²) in [6.45, 7) is 0. The first-order valence-corrected chi connectivity index (χ1v) is 8.80. The summed E-state index contributed by atoms with van der Waals surface area (Å²) in [4.78, 5) is 22.5. The lowest BCUT2D eigenvalue weighted by Crippen LogP contribution is -2.02. The Morgan fingerprint density at radius 2 is 1.58 bits per heavy atom. The van der Waals surface area contributed by atoms with E-state index in [4.69, 9.17) is 15.5 Å². The molecule has 2 N–H and O–H groups in total. The minimum Gasteiger partial charge on any atom is -0.465 e. The van der Waals surface area contributed by atoms with Gasteiger partial charge in [-0.3, -0.25) is 0 Å². The highest BCUT2D eigenvalue weighted by atomic mass is 32.1. The average molecular weight is 361 g/mol. The first kappa shape index (κ1) is 16.2. The Balaban J connectivity index is 2.05. The molecule has 5 nitrogen and oxygen atoms in total. The van der Waals surface area contributed by atoms with Crippen molar-refractivity contribution in [2.24, 2.45) is 0 Å². The molecule has 0 radical (unpaired) electrons. The van der Waals surface area contributed by atoms with Crippen LogP contribution >= 0.6 is 11.3 Å². The summed E-state index contributed by atoms with van der Waals surface area (Å²) >= 11 is 1.22. The second-order valence-electron chi connectivity index (χ2n) is 5.64. The Kier molecular flexibility index (Phi) is 4.10. The molecule has 0 unspecified atom stereocenters. The Labute approximate surface area is 154 Å². The summed E-state index contributed by atoms with van der Waals surface area (Å²) < 4.78 is 4.85. The van der Waals surface area contributed by atoms with Gasteiger partial charge in [-0.1, -0.05) is 60.7 Å². The van der Waals surface area contributed by atoms with Crippen molar-refractivity contribution in [1.29, 1.82) is 0 Å². The Hall–Kier alpha value is -3.25. The molecule has 0 saturated carbocycles. The molecule has 0 fully saturated rings. The standard InChI is InChI=1S/C20H15N3O2S/c1-25-20(24)17-15(21)14-16(12-8-4-2-5-9-12)22-18(23-19(14)26-17)13-10-6-3-7-11-13/h2-11H,21H2,1H3. The molecule has 4 rings (SSSR count). The van der Waals surface area contributed by atoms with Crippen LogP contribution < -0.4 is 5.73 Å². The van der Waals surface area contributed by atoms with E-state index >= 15 is 0 Å². The smallest absolute Gasteiger partial charge is 0.350 e. The van der Waals surface area contributed by atoms with E-state index in [0.717, 1.165) is 11.1 Å². The third kappa shape index (κ3) is 2.70. The summed E-state index contributed by atoms with van der Waals surface area (Å²) in [6.07, 6.45) is 0. The number of hydrogen-bond acceptors (Lipinski definition) is 6. The fourth-order valence-corrected chi connectivity index (χ4v) is 3.80. The molecule has 4 aromatic rings. The minimum atomic E-state index is -0.467. The number of ether oxygens (including phenoxy) is 1. The second kappa shape index (κ2) is 6.57. The Morgan fingerprint density at radius 3 is 2.19 bits per heavy atom. The number of nitrogens with two attached hydrogens (primary N) is 1. The van der Waals surface area contributed by atoms with Crippen molar-refractivity contribution in [3.05, 3.63) is 65.5 Å². The van der Waals surface area contributed by atoms with Crippen molar-refractivity contribution in [3.63, 3.8) is 0 Å². The van der Waals surface area contributed by atoms with Crippen LogP contribution in [-0.4, -0.2) is 23.0 Å². The van der Waals surface area contributed by atoms with Gasteiger partial charge in [0, 0.05) is 11.1 Å². The predicted molar refractivity (Wildman–Crippen MR) is 104 cm³/mol. The lowest BCUT2D eigenvalue weighted by atomic mass is 10.1. The van der Waals surface area contributed by atoms with Gasteiger partial charge in [0.2, 0.25) is 0 Å². The van der Waals surface area contributed by atoms with E-state index in [0.29, 0.717) is 32.3 Å². The third-order valence-corrected chi connectivity index (χ3v) is 5.12. The van der Waals surface area contributed by atoms with Crippen molar-refractivity contribution < 1.29 is 9.53 Å². The number of aromatic nitrogens is 2. The van der Waals surface area contributed by atoms with Crippen molar-refractivity contribution in [1.82, 2.24) is 9.97 Å². The predicted octanol–water partition coefficient (Wildman–Crippen LogP) is 4.39. The number of fused-ring (bicyclic) bond motifs is 1. The molecule has 2 aromatic carbocycles. The SMILES string of the molecule is COC(=O)c1sc2nc(-c3ccccc3)nc(-c3ccccc3)c2c1N. The molecule has 128 valence electrons. The monoisotopic (exact) mass is 361 g/mol. The number of carbonyl (C=O) groups is 1. The van der Waals surface area contributed by atoms with E-state index < -0.39 is 5.97 Å². The fourth-order valence-electron chi connectivity index (χ4n) is 2.79. The van der Waals surface area contributed by atoms with Gasteiger partial charge in [0.15, 0.2) is 5.82 Å². The minimum absolute atomic E-state index is 0.346. The van der Waals surface area contributed by atoms with Gasteiger partial charge < -0.3 is 10.5 Å². The molecule has 26 heavy (non-hydrogen) atoms. The fraction of sp³-hybridized carbons (Fsp3) is 0.0500. The molecular weight excluding hydrogens is 346 g/mol. The molecule has 0 aliphatic carbocycles. The van der Waals surface area contributed by atoms with Crippen LogP contribution in [0.25, 0.3) is 32.9 Å². The van der Waals surface area contributed by atoms with Crippen LogP contribution in [0.2, 0.25) is 0 Å². The molecule has 0 saturated heterocycles. The molecule has 0 aliphatic rings. The molecule has 6 heteroatoms. The van der Waals surface area contributed by atoms with Crippen LogP contribution in [0.1, 0.15) is 9.67 Å². The van der Waals surface area contributed by atoms with Crippen molar-refractivity contribution in [3.8, 4) is 22.6 Å². The molecule has 0 bridgehead atoms. The molecular formula is C20H15N3O2S. The summed E-state index contributed by atoms with van der Waals surface area (Å²) in [7, 11) is 1.34. The molecule has 0 aliphatic heterocycles. The van der Waals surface area contributed by atoms with Crippen LogP contribution in [0.4, 0.5) is 5.69 Å². The number of anilines is 1. The van der Waals surface area contributed by atoms with Gasteiger partial charge in [0.1, 0.15) is 9.71 Å².